The van der Waals surface area contributed by atoms with Crippen molar-refractivity contribution in [1.29, 1.82) is 0 Å². The van der Waals surface area contributed by atoms with Gasteiger partial charge in [-0.05, 0) is 118 Å². The van der Waals surface area contributed by atoms with Crippen LogP contribution in [0.4, 0.5) is 0 Å². The van der Waals surface area contributed by atoms with E-state index in [0.717, 1.165) is 44.9 Å². The van der Waals surface area contributed by atoms with Crippen molar-refractivity contribution in [3.05, 3.63) is 23.3 Å². The Balaban J connectivity index is 1.03. The molecule has 0 unspecified atom stereocenters. The van der Waals surface area contributed by atoms with E-state index in [4.69, 9.17) is 37.9 Å². The highest BCUT2D eigenvalue weighted by molar-refractivity contribution is 5.33. The first kappa shape index (κ1) is 50.2. The molecule has 4 aliphatic carbocycles. The second-order valence-electron chi connectivity index (χ2n) is 22.7. The summed E-state index contributed by atoms with van der Waals surface area (Å²) in [5.74, 6) is 1.42. The third kappa shape index (κ3) is 8.46. The maximum absolute atomic E-state index is 11.8. The highest BCUT2D eigenvalue weighted by atomic mass is 16.8. The average Bonchev–Trinajstić information content (AvgIpc) is 3.78. The zero-order chi connectivity index (χ0) is 47.3. The fourth-order valence-electron chi connectivity index (χ4n) is 14.5. The highest BCUT2D eigenvalue weighted by Gasteiger charge is 2.67. The Morgan fingerprint density at radius 1 is 0.692 bits per heavy atom. The molecule has 0 aromatic rings. The third-order valence-electron chi connectivity index (χ3n) is 18.5. The Morgan fingerprint density at radius 2 is 1.34 bits per heavy atom. The zero-order valence-electron chi connectivity index (χ0n) is 40.1. The minimum atomic E-state index is -1.70. The van der Waals surface area contributed by atoms with Crippen LogP contribution in [0, 0.1) is 45.3 Å². The lowest BCUT2D eigenvalue weighted by molar-refractivity contribution is -0.379. The number of methoxy groups -OCH3 is 1. The molecule has 8 aliphatic rings. The van der Waals surface area contributed by atoms with Crippen LogP contribution < -0.4 is 0 Å². The Kier molecular flexibility index (Phi) is 14.3. The molecule has 4 saturated heterocycles. The van der Waals surface area contributed by atoms with E-state index in [1.165, 1.54) is 19.4 Å². The van der Waals surface area contributed by atoms with Crippen molar-refractivity contribution in [2.45, 2.75) is 224 Å². The molecule has 0 spiro atoms. The zero-order valence-corrected chi connectivity index (χ0v) is 40.1. The first-order chi connectivity index (χ1) is 30.5. The number of hydrogen-bond acceptors (Lipinski definition) is 16. The maximum Gasteiger partial charge on any atom is 0.187 e. The molecule has 0 amide bonds. The molecule has 25 atom stereocenters. The van der Waals surface area contributed by atoms with Gasteiger partial charge in [-0.25, -0.2) is 0 Å². The van der Waals surface area contributed by atoms with Crippen molar-refractivity contribution in [3.8, 4) is 0 Å². The first-order valence-corrected chi connectivity index (χ1v) is 24.4. The van der Waals surface area contributed by atoms with E-state index in [2.05, 4.69) is 60.6 Å². The largest absolute Gasteiger partial charge is 0.388 e. The molecule has 8 N–H and O–H groups in total. The van der Waals surface area contributed by atoms with Crippen LogP contribution in [0.2, 0.25) is 0 Å². The molecule has 4 heterocycles. The van der Waals surface area contributed by atoms with E-state index in [0.29, 0.717) is 24.2 Å². The minimum Gasteiger partial charge on any atom is -0.388 e. The van der Waals surface area contributed by atoms with Crippen molar-refractivity contribution in [3.63, 3.8) is 0 Å². The van der Waals surface area contributed by atoms with Crippen LogP contribution in [-0.4, -0.2) is 165 Å². The van der Waals surface area contributed by atoms with Gasteiger partial charge in [-0.2, -0.15) is 0 Å². The average molecular weight is 925 g/mol. The summed E-state index contributed by atoms with van der Waals surface area (Å²) >= 11 is 0. The van der Waals surface area contributed by atoms with Crippen molar-refractivity contribution in [2.75, 3.05) is 13.7 Å². The molecule has 372 valence electrons. The molecule has 0 aromatic carbocycles. The Morgan fingerprint density at radius 3 is 1.98 bits per heavy atom. The van der Waals surface area contributed by atoms with Crippen molar-refractivity contribution >= 4 is 0 Å². The van der Waals surface area contributed by atoms with Crippen LogP contribution in [0.15, 0.2) is 23.3 Å². The molecule has 0 aromatic heterocycles. The lowest BCUT2D eigenvalue weighted by atomic mass is 9.41. The molecule has 0 bridgehead atoms. The SMILES string of the molecule is CO[C@@H]1O[C@H](C=C(C)C)C[C@H]1[C@@H]1CC[C@]2(C)C3=CC[C@H]4C(C)(C)[C@@H](O[C@@H]5O[C@H](CO[C@@H]6O[C@@H](C)[C@H](O)[C@@H](O)[C@H]6O)[C@@H](O)[C@H](O)[C@H]5O[C@@H]5O[C@@H](C)[C@H](O)[C@@H](O)[C@H]5O)CC[C@]4(C)[C@@H]3CC[C@@]12C. The third-order valence-corrected chi connectivity index (χ3v) is 18.5. The maximum atomic E-state index is 11.8. The molecular formula is C49H80O16. The topological polar surface area (TPSA) is 236 Å². The number of fused-ring (bicyclic) bond motifs is 5. The smallest absolute Gasteiger partial charge is 0.187 e. The van der Waals surface area contributed by atoms with E-state index in [1.807, 2.05) is 0 Å². The monoisotopic (exact) mass is 925 g/mol. The summed E-state index contributed by atoms with van der Waals surface area (Å²) in [5, 5.41) is 86.4. The van der Waals surface area contributed by atoms with E-state index in [1.54, 1.807) is 12.7 Å². The summed E-state index contributed by atoms with van der Waals surface area (Å²) in [6.45, 7) is 18.9. The molecule has 65 heavy (non-hydrogen) atoms. The van der Waals surface area contributed by atoms with Crippen LogP contribution >= 0.6 is 0 Å². The van der Waals surface area contributed by atoms with Gasteiger partial charge in [0.1, 0.15) is 61.0 Å². The quantitative estimate of drug-likeness (QED) is 0.147. The van der Waals surface area contributed by atoms with Crippen molar-refractivity contribution in [2.24, 2.45) is 45.3 Å². The molecule has 16 nitrogen and oxygen atoms in total. The summed E-state index contributed by atoms with van der Waals surface area (Å²) in [6, 6.07) is 0. The summed E-state index contributed by atoms with van der Waals surface area (Å²) < 4.78 is 49.3. The van der Waals surface area contributed by atoms with Crippen LogP contribution in [-0.2, 0) is 37.9 Å². The second-order valence-corrected chi connectivity index (χ2v) is 22.7. The molecule has 16 heteroatoms. The number of aliphatic hydroxyl groups is 8. The van der Waals surface area contributed by atoms with Crippen molar-refractivity contribution < 1.29 is 78.7 Å². The van der Waals surface area contributed by atoms with Gasteiger partial charge >= 0.3 is 0 Å². The summed E-state index contributed by atoms with van der Waals surface area (Å²) in [4.78, 5) is 0. The Hall–Kier alpha value is -1.16. The van der Waals surface area contributed by atoms with Gasteiger partial charge in [-0.1, -0.05) is 57.9 Å². The van der Waals surface area contributed by atoms with Gasteiger partial charge in [-0.3, -0.25) is 0 Å². The van der Waals surface area contributed by atoms with E-state index >= 15 is 0 Å². The summed E-state index contributed by atoms with van der Waals surface area (Å²) in [7, 11) is 1.78. The van der Waals surface area contributed by atoms with E-state index in [-0.39, 0.29) is 34.6 Å². The fraction of sp³-hybridized carbons (Fsp3) is 0.918. The Labute approximate surface area is 384 Å². The number of allylic oxidation sites excluding steroid dienone is 3. The van der Waals surface area contributed by atoms with Gasteiger partial charge in [0.15, 0.2) is 25.2 Å². The Bertz CT molecular complexity index is 1740. The second kappa shape index (κ2) is 18.5. The molecular weight excluding hydrogens is 845 g/mol. The van der Waals surface area contributed by atoms with Gasteiger partial charge in [0, 0.05) is 13.0 Å². The lowest BCUT2D eigenvalue weighted by Crippen LogP contribution is -2.65. The van der Waals surface area contributed by atoms with Crippen LogP contribution in [0.1, 0.15) is 114 Å². The predicted octanol–water partition coefficient (Wildman–Crippen LogP) is 2.82. The summed E-state index contributed by atoms with van der Waals surface area (Å²) in [6.07, 6.45) is -9.11. The fourth-order valence-corrected chi connectivity index (χ4v) is 14.5. The number of hydrogen-bond donors (Lipinski definition) is 8. The highest BCUT2D eigenvalue weighted by Crippen LogP contribution is 2.74. The molecule has 3 saturated carbocycles. The predicted molar refractivity (Wildman–Crippen MR) is 233 cm³/mol. The van der Waals surface area contributed by atoms with Gasteiger partial charge in [0.25, 0.3) is 0 Å². The molecule has 0 radical (unpaired) electrons. The van der Waals surface area contributed by atoms with Gasteiger partial charge < -0.3 is 78.7 Å². The van der Waals surface area contributed by atoms with Gasteiger partial charge in [-0.15, -0.1) is 0 Å². The van der Waals surface area contributed by atoms with Crippen molar-refractivity contribution in [1.82, 2.24) is 0 Å². The van der Waals surface area contributed by atoms with Crippen LogP contribution in [0.3, 0.4) is 0 Å². The van der Waals surface area contributed by atoms with Crippen LogP contribution in [0.5, 0.6) is 0 Å². The molecule has 8 rings (SSSR count). The molecule has 4 aliphatic heterocycles. The first-order valence-electron chi connectivity index (χ1n) is 24.4. The number of aliphatic hydroxyl groups excluding tert-OH is 8. The van der Waals surface area contributed by atoms with Gasteiger partial charge in [0.05, 0.1) is 31.0 Å². The van der Waals surface area contributed by atoms with E-state index in [9.17, 15) is 40.9 Å². The standard InChI is InChI=1S/C49H80O16/c1-22(2)19-25-20-26(42(58-10)62-25)27-13-17-49(9)29-11-12-31-46(5,6)32(15-16-47(31,7)28(29)14-18-48(27,49)8)64-45-41(65-44-40(57)37(54)34(51)24(4)61-44)38(55)35(52)30(63-45)21-59-43-39(56)36(53)33(50)23(3)60-43/h11,19,23-28,30-45,50-57H,12-18,20-21H2,1-10H3/t23-,24-,25+,26-,27-,28+,30+,31-,32-,33-,34-,35+,36+,37+,38-,39+,40+,41+,42+,43+,44-,45-,47+,48-,49+/m0/s1. The summed E-state index contributed by atoms with van der Waals surface area (Å²) in [5.41, 5.74) is 2.54. The lowest BCUT2D eigenvalue weighted by Gasteiger charge is -2.65. The van der Waals surface area contributed by atoms with E-state index < -0.39 is 110 Å². The van der Waals surface area contributed by atoms with Crippen LogP contribution in [0.25, 0.3) is 0 Å². The normalized spacial score (nSPS) is 54.3. The number of ether oxygens (including phenoxy) is 8. The van der Waals surface area contributed by atoms with Gasteiger partial charge in [0.2, 0.25) is 0 Å². The number of rotatable bonds is 10. The molecule has 7 fully saturated rings. The minimum absolute atomic E-state index is 0.0331.